The lowest BCUT2D eigenvalue weighted by molar-refractivity contribution is -0.385. The van der Waals surface area contributed by atoms with E-state index in [1.165, 1.54) is 12.1 Å². The highest BCUT2D eigenvalue weighted by molar-refractivity contribution is 9.10. The normalized spacial score (nSPS) is 10.6. The minimum atomic E-state index is -0.511. The van der Waals surface area contributed by atoms with Crippen molar-refractivity contribution in [3.63, 3.8) is 0 Å². The zero-order chi connectivity index (χ0) is 13.0. The first-order valence-electron chi connectivity index (χ1n) is 4.82. The molecule has 0 N–H and O–H groups in total. The molecule has 1 aromatic rings. The fourth-order valence-electron chi connectivity index (χ4n) is 1.11. The predicted octanol–water partition coefficient (Wildman–Crippen LogP) is 2.95. The summed E-state index contributed by atoms with van der Waals surface area (Å²) in [6, 6.07) is 2.78. The van der Waals surface area contributed by atoms with Crippen molar-refractivity contribution in [1.29, 1.82) is 0 Å². The number of nitro groups is 1. The number of nitrogens with zero attached hydrogens (tertiary/aromatic N) is 2. The van der Waals surface area contributed by atoms with Crippen molar-refractivity contribution >= 4 is 33.2 Å². The van der Waals surface area contributed by atoms with Crippen molar-refractivity contribution in [2.24, 2.45) is 0 Å². The molecule has 17 heavy (non-hydrogen) atoms. The fourth-order valence-corrected chi connectivity index (χ4v) is 1.59. The van der Waals surface area contributed by atoms with Crippen LogP contribution < -0.4 is 4.74 Å². The van der Waals surface area contributed by atoms with Crippen LogP contribution in [0.2, 0.25) is 5.02 Å². The van der Waals surface area contributed by atoms with Crippen molar-refractivity contribution < 1.29 is 9.66 Å². The van der Waals surface area contributed by atoms with Gasteiger partial charge in [-0.15, -0.1) is 0 Å². The zero-order valence-corrected chi connectivity index (χ0v) is 11.8. The van der Waals surface area contributed by atoms with Gasteiger partial charge in [-0.2, -0.15) is 0 Å². The van der Waals surface area contributed by atoms with Crippen LogP contribution in [0.25, 0.3) is 0 Å². The summed E-state index contributed by atoms with van der Waals surface area (Å²) in [5, 5.41) is 11.1. The monoisotopic (exact) mass is 322 g/mol. The van der Waals surface area contributed by atoms with Gasteiger partial charge in [-0.3, -0.25) is 10.1 Å². The van der Waals surface area contributed by atoms with E-state index in [0.717, 1.165) is 0 Å². The lowest BCUT2D eigenvalue weighted by atomic mass is 10.3. The summed E-state index contributed by atoms with van der Waals surface area (Å²) in [6.45, 7) is 1.05. The highest BCUT2D eigenvalue weighted by Crippen LogP contribution is 2.35. The van der Waals surface area contributed by atoms with Gasteiger partial charge in [0, 0.05) is 23.2 Å². The Balaban J connectivity index is 2.89. The summed E-state index contributed by atoms with van der Waals surface area (Å²) in [5.41, 5.74) is -0.128. The van der Waals surface area contributed by atoms with Crippen LogP contribution in [0.4, 0.5) is 5.69 Å². The summed E-state index contributed by atoms with van der Waals surface area (Å²) in [5.74, 6) is 0.216. The molecule has 0 aliphatic carbocycles. The van der Waals surface area contributed by atoms with Gasteiger partial charge < -0.3 is 9.64 Å². The van der Waals surface area contributed by atoms with Gasteiger partial charge in [0.1, 0.15) is 6.61 Å². The van der Waals surface area contributed by atoms with Crippen molar-refractivity contribution in [3.8, 4) is 5.75 Å². The smallest absolute Gasteiger partial charge is 0.312 e. The van der Waals surface area contributed by atoms with Gasteiger partial charge in [0.25, 0.3) is 0 Å². The minimum absolute atomic E-state index is 0.128. The Hall–Kier alpha value is -0.850. The van der Waals surface area contributed by atoms with E-state index in [-0.39, 0.29) is 16.5 Å². The summed E-state index contributed by atoms with van der Waals surface area (Å²) < 4.78 is 5.95. The highest BCUT2D eigenvalue weighted by Gasteiger charge is 2.18. The van der Waals surface area contributed by atoms with Crippen LogP contribution >= 0.6 is 27.5 Å². The number of likely N-dealkylation sites (N-methyl/N-ethyl adjacent to an activating group) is 1. The summed E-state index contributed by atoms with van der Waals surface area (Å²) >= 11 is 9.00. The van der Waals surface area contributed by atoms with Crippen molar-refractivity contribution in [3.05, 3.63) is 31.7 Å². The first-order valence-corrected chi connectivity index (χ1v) is 6.00. The number of hydrogen-bond donors (Lipinski definition) is 0. The highest BCUT2D eigenvalue weighted by atomic mass is 79.9. The van der Waals surface area contributed by atoms with E-state index in [0.29, 0.717) is 17.6 Å². The van der Waals surface area contributed by atoms with Crippen LogP contribution in [-0.2, 0) is 0 Å². The van der Waals surface area contributed by atoms with Gasteiger partial charge in [-0.25, -0.2) is 0 Å². The molecule has 0 fully saturated rings. The molecule has 0 heterocycles. The number of benzene rings is 1. The summed E-state index contributed by atoms with van der Waals surface area (Å²) in [6.07, 6.45) is 0. The second-order valence-electron chi connectivity index (χ2n) is 3.64. The van der Waals surface area contributed by atoms with Crippen molar-refractivity contribution in [2.45, 2.75) is 0 Å². The molecule has 0 aliphatic heterocycles. The van der Waals surface area contributed by atoms with E-state index in [4.69, 9.17) is 16.3 Å². The molecule has 0 unspecified atom stereocenters. The molecule has 0 radical (unpaired) electrons. The molecular weight excluding hydrogens is 311 g/mol. The third-order valence-corrected chi connectivity index (χ3v) is 3.19. The van der Waals surface area contributed by atoms with Crippen LogP contribution in [-0.4, -0.2) is 37.1 Å². The average molecular weight is 324 g/mol. The van der Waals surface area contributed by atoms with E-state index in [1.807, 2.05) is 19.0 Å². The first-order chi connectivity index (χ1) is 7.91. The van der Waals surface area contributed by atoms with Crippen LogP contribution in [0.1, 0.15) is 0 Å². The number of nitro benzene ring substituents is 1. The van der Waals surface area contributed by atoms with Crippen LogP contribution in [0.3, 0.4) is 0 Å². The molecule has 0 amide bonds. The molecule has 1 rings (SSSR count). The standard InChI is InChI=1S/C10H12BrClN2O3/c1-13(2)3-4-17-10-5-7(11)8(12)6-9(10)14(15)16/h5-6H,3-4H2,1-2H3. The van der Waals surface area contributed by atoms with E-state index in [1.54, 1.807) is 0 Å². The molecule has 0 aromatic heterocycles. The molecule has 1 aromatic carbocycles. The Labute approximate surface area is 113 Å². The van der Waals surface area contributed by atoms with Gasteiger partial charge in [-0.05, 0) is 30.0 Å². The molecule has 0 atom stereocenters. The Morgan fingerprint density at radius 2 is 2.18 bits per heavy atom. The van der Waals surface area contributed by atoms with Gasteiger partial charge in [0.05, 0.1) is 9.95 Å². The van der Waals surface area contributed by atoms with Crippen LogP contribution in [0.15, 0.2) is 16.6 Å². The zero-order valence-electron chi connectivity index (χ0n) is 9.44. The topological polar surface area (TPSA) is 55.6 Å². The van der Waals surface area contributed by atoms with Crippen LogP contribution in [0, 0.1) is 10.1 Å². The van der Waals surface area contributed by atoms with Gasteiger partial charge in [0.2, 0.25) is 0 Å². The maximum atomic E-state index is 10.8. The molecule has 5 nitrogen and oxygen atoms in total. The SMILES string of the molecule is CN(C)CCOc1cc(Br)c(Cl)cc1[N+](=O)[O-]. The molecule has 0 spiro atoms. The molecular formula is C10H12BrClN2O3. The Morgan fingerprint density at radius 1 is 1.53 bits per heavy atom. The predicted molar refractivity (Wildman–Crippen MR) is 69.9 cm³/mol. The molecule has 94 valence electrons. The number of hydrogen-bond acceptors (Lipinski definition) is 4. The van der Waals surface area contributed by atoms with E-state index < -0.39 is 4.92 Å². The second kappa shape index (κ2) is 6.18. The quantitative estimate of drug-likeness (QED) is 0.617. The molecule has 0 bridgehead atoms. The van der Waals surface area contributed by atoms with Gasteiger partial charge >= 0.3 is 5.69 Å². The Morgan fingerprint density at radius 3 is 2.71 bits per heavy atom. The average Bonchev–Trinajstić information content (AvgIpc) is 2.22. The maximum absolute atomic E-state index is 10.8. The summed E-state index contributed by atoms with van der Waals surface area (Å²) in [7, 11) is 3.80. The summed E-state index contributed by atoms with van der Waals surface area (Å²) in [4.78, 5) is 12.2. The maximum Gasteiger partial charge on any atom is 0.312 e. The lowest BCUT2D eigenvalue weighted by Gasteiger charge is -2.11. The number of rotatable bonds is 5. The second-order valence-corrected chi connectivity index (χ2v) is 4.90. The van der Waals surface area contributed by atoms with E-state index >= 15 is 0 Å². The number of halogens is 2. The van der Waals surface area contributed by atoms with Crippen molar-refractivity contribution in [1.82, 2.24) is 4.90 Å². The third kappa shape index (κ3) is 4.14. The Bertz CT molecular complexity index is 426. The third-order valence-electron chi connectivity index (χ3n) is 1.99. The minimum Gasteiger partial charge on any atom is -0.485 e. The van der Waals surface area contributed by atoms with Crippen molar-refractivity contribution in [2.75, 3.05) is 27.2 Å². The number of ether oxygens (including phenoxy) is 1. The largest absolute Gasteiger partial charge is 0.485 e. The lowest BCUT2D eigenvalue weighted by Crippen LogP contribution is -2.19. The molecule has 7 heteroatoms. The van der Waals surface area contributed by atoms with Crippen LogP contribution in [0.5, 0.6) is 5.75 Å². The molecule has 0 aliphatic rings. The Kier molecular flexibility index (Phi) is 5.17. The first kappa shape index (κ1) is 14.2. The molecule has 0 saturated carbocycles. The fraction of sp³-hybridized carbons (Fsp3) is 0.400. The van der Waals surface area contributed by atoms with Gasteiger partial charge in [-0.1, -0.05) is 11.6 Å². The van der Waals surface area contributed by atoms with Gasteiger partial charge in [0.15, 0.2) is 5.75 Å². The van der Waals surface area contributed by atoms with E-state index in [2.05, 4.69) is 15.9 Å². The van der Waals surface area contributed by atoms with E-state index in [9.17, 15) is 10.1 Å². The molecule has 0 saturated heterocycles.